The molecule has 0 unspecified atom stereocenters. The number of carbonyl (C=O) groups excluding carboxylic acids is 1. The van der Waals surface area contributed by atoms with Crippen LogP contribution in [0.3, 0.4) is 0 Å². The molecule has 0 radical (unpaired) electrons. The van der Waals surface area contributed by atoms with E-state index in [0.29, 0.717) is 25.9 Å². The van der Waals surface area contributed by atoms with E-state index < -0.39 is 14.6 Å². The largest absolute Gasteiger partial charge is 0.353 e. The second-order valence-corrected chi connectivity index (χ2v) is 7.63. The predicted molar refractivity (Wildman–Crippen MR) is 77.2 cm³/mol. The maximum absolute atomic E-state index is 12.6. The Hall–Kier alpha value is -1.40. The Bertz CT molecular complexity index is 578. The van der Waals surface area contributed by atoms with E-state index >= 15 is 0 Å². The normalized spacial score (nSPS) is 16.9. The average Bonchev–Trinajstić information content (AvgIpc) is 3.21. The van der Waals surface area contributed by atoms with E-state index in [2.05, 4.69) is 5.32 Å². The fourth-order valence-electron chi connectivity index (χ4n) is 2.11. The topological polar surface area (TPSA) is 66.5 Å². The summed E-state index contributed by atoms with van der Waals surface area (Å²) in [4.78, 5) is 14.4. The van der Waals surface area contributed by atoms with Gasteiger partial charge in [-0.2, -0.15) is 0 Å². The van der Waals surface area contributed by atoms with Crippen LogP contribution in [0.25, 0.3) is 0 Å². The van der Waals surface area contributed by atoms with Gasteiger partial charge in [0.2, 0.25) is 5.91 Å². The summed E-state index contributed by atoms with van der Waals surface area (Å²) in [6.45, 7) is 1.14. The number of hydrogen-bond donors (Lipinski definition) is 1. The second-order valence-electron chi connectivity index (χ2n) is 5.37. The van der Waals surface area contributed by atoms with Crippen molar-refractivity contribution in [3.8, 4) is 0 Å². The van der Waals surface area contributed by atoms with Gasteiger partial charge in [-0.3, -0.25) is 4.79 Å². The number of nitrogens with zero attached hydrogens (tertiary/aromatic N) is 1. The zero-order valence-electron chi connectivity index (χ0n) is 11.8. The molecule has 0 bridgehead atoms. The lowest BCUT2D eigenvalue weighted by Crippen LogP contribution is -2.44. The summed E-state index contributed by atoms with van der Waals surface area (Å²) in [5.41, 5.74) is 0. The zero-order valence-corrected chi connectivity index (χ0v) is 12.6. The van der Waals surface area contributed by atoms with Gasteiger partial charge in [0.05, 0.1) is 4.90 Å². The van der Waals surface area contributed by atoms with Gasteiger partial charge >= 0.3 is 0 Å². The van der Waals surface area contributed by atoms with Gasteiger partial charge in [0.15, 0.2) is 14.6 Å². The van der Waals surface area contributed by atoms with Gasteiger partial charge in [-0.1, -0.05) is 18.2 Å². The Morgan fingerprint density at radius 3 is 2.35 bits per heavy atom. The van der Waals surface area contributed by atoms with Crippen LogP contribution in [0.5, 0.6) is 0 Å². The van der Waals surface area contributed by atoms with Crippen LogP contribution >= 0.6 is 0 Å². The number of rotatable bonds is 6. The van der Waals surface area contributed by atoms with Crippen LogP contribution in [-0.2, 0) is 14.6 Å². The van der Waals surface area contributed by atoms with Crippen LogP contribution in [0.4, 0.5) is 0 Å². The number of likely N-dealkylation sites (N-methyl/N-ethyl adjacent to an activating group) is 1. The van der Waals surface area contributed by atoms with Crippen molar-refractivity contribution in [1.29, 1.82) is 0 Å². The van der Waals surface area contributed by atoms with Crippen LogP contribution in [0.15, 0.2) is 35.2 Å². The Balaban J connectivity index is 2.13. The van der Waals surface area contributed by atoms with Gasteiger partial charge in [0.25, 0.3) is 0 Å². The minimum absolute atomic E-state index is 0.222. The lowest BCUT2D eigenvalue weighted by atomic mass is 10.3. The molecular formula is C14H20N2O3S. The third-order valence-electron chi connectivity index (χ3n) is 3.53. The highest BCUT2D eigenvalue weighted by Gasteiger charge is 2.60. The monoisotopic (exact) mass is 296 g/mol. The summed E-state index contributed by atoms with van der Waals surface area (Å²) in [5.74, 6) is -0.372. The summed E-state index contributed by atoms with van der Waals surface area (Å²) in [6, 6.07) is 8.20. The first-order valence-electron chi connectivity index (χ1n) is 6.63. The van der Waals surface area contributed by atoms with E-state index in [0.717, 1.165) is 0 Å². The van der Waals surface area contributed by atoms with Gasteiger partial charge in [0, 0.05) is 13.1 Å². The SMILES string of the molecule is CN(C)CCNC(=O)C1(S(=O)(=O)c2ccccc2)CC1. The molecule has 0 atom stereocenters. The van der Waals surface area contributed by atoms with Gasteiger partial charge in [-0.25, -0.2) is 8.42 Å². The van der Waals surface area contributed by atoms with Crippen molar-refractivity contribution in [2.24, 2.45) is 0 Å². The molecule has 5 nitrogen and oxygen atoms in total. The molecule has 0 heterocycles. The number of hydrogen-bond acceptors (Lipinski definition) is 4. The van der Waals surface area contributed by atoms with Crippen molar-refractivity contribution in [2.45, 2.75) is 22.5 Å². The van der Waals surface area contributed by atoms with Gasteiger partial charge in [-0.15, -0.1) is 0 Å². The maximum atomic E-state index is 12.6. The van der Waals surface area contributed by atoms with Gasteiger partial charge in [-0.05, 0) is 39.1 Å². The Morgan fingerprint density at radius 2 is 1.85 bits per heavy atom. The first-order chi connectivity index (χ1) is 9.40. The van der Waals surface area contributed by atoms with E-state index in [-0.39, 0.29) is 10.8 Å². The third kappa shape index (κ3) is 2.71. The average molecular weight is 296 g/mol. The van der Waals surface area contributed by atoms with Crippen molar-refractivity contribution in [3.05, 3.63) is 30.3 Å². The van der Waals surface area contributed by atoms with Crippen LogP contribution < -0.4 is 5.32 Å². The summed E-state index contributed by atoms with van der Waals surface area (Å²) >= 11 is 0. The van der Waals surface area contributed by atoms with Crippen LogP contribution in [-0.4, -0.2) is 51.2 Å². The fraction of sp³-hybridized carbons (Fsp3) is 0.500. The molecule has 0 spiro atoms. The predicted octanol–water partition coefficient (Wildman–Crippen LogP) is 0.671. The minimum Gasteiger partial charge on any atom is -0.353 e. The van der Waals surface area contributed by atoms with Gasteiger partial charge in [0.1, 0.15) is 0 Å². The number of carbonyl (C=O) groups is 1. The second kappa shape index (κ2) is 5.54. The molecule has 1 aromatic rings. The van der Waals surface area contributed by atoms with Crippen molar-refractivity contribution >= 4 is 15.7 Å². The van der Waals surface area contributed by atoms with Crippen molar-refractivity contribution in [1.82, 2.24) is 10.2 Å². The Kier molecular flexibility index (Phi) is 4.15. The molecule has 0 aromatic heterocycles. The van der Waals surface area contributed by atoms with Gasteiger partial charge < -0.3 is 10.2 Å². The molecule has 1 amide bonds. The zero-order chi connectivity index (χ0) is 14.8. The van der Waals surface area contributed by atoms with E-state index in [1.807, 2.05) is 19.0 Å². The summed E-state index contributed by atoms with van der Waals surface area (Å²) < 4.78 is 23.9. The smallest absolute Gasteiger partial charge is 0.241 e. The molecule has 6 heteroatoms. The quantitative estimate of drug-likeness (QED) is 0.838. The highest BCUT2D eigenvalue weighted by Crippen LogP contribution is 2.46. The summed E-state index contributed by atoms with van der Waals surface area (Å²) in [6.07, 6.45) is 0.802. The van der Waals surface area contributed by atoms with E-state index in [4.69, 9.17) is 0 Å². The molecule has 1 fully saturated rings. The summed E-state index contributed by atoms with van der Waals surface area (Å²) in [7, 11) is 0.202. The Labute approximate surface area is 119 Å². The number of benzene rings is 1. The molecule has 1 saturated carbocycles. The van der Waals surface area contributed by atoms with E-state index in [9.17, 15) is 13.2 Å². The number of amides is 1. The van der Waals surface area contributed by atoms with E-state index in [1.54, 1.807) is 30.3 Å². The molecule has 2 rings (SSSR count). The Morgan fingerprint density at radius 1 is 1.25 bits per heavy atom. The number of nitrogens with one attached hydrogen (secondary N) is 1. The molecule has 110 valence electrons. The van der Waals surface area contributed by atoms with Crippen molar-refractivity contribution in [3.63, 3.8) is 0 Å². The lowest BCUT2D eigenvalue weighted by molar-refractivity contribution is -0.121. The minimum atomic E-state index is -3.60. The molecule has 20 heavy (non-hydrogen) atoms. The lowest BCUT2D eigenvalue weighted by Gasteiger charge is -2.17. The first-order valence-corrected chi connectivity index (χ1v) is 8.11. The van der Waals surface area contributed by atoms with Crippen molar-refractivity contribution in [2.75, 3.05) is 27.2 Å². The van der Waals surface area contributed by atoms with Crippen LogP contribution in [0.1, 0.15) is 12.8 Å². The first kappa shape index (κ1) is 15.0. The highest BCUT2D eigenvalue weighted by molar-refractivity contribution is 7.94. The molecule has 1 aromatic carbocycles. The van der Waals surface area contributed by atoms with E-state index in [1.165, 1.54) is 0 Å². The summed E-state index contributed by atoms with van der Waals surface area (Å²) in [5, 5.41) is 2.73. The fourth-order valence-corrected chi connectivity index (χ4v) is 4.03. The highest BCUT2D eigenvalue weighted by atomic mass is 32.2. The molecule has 1 aliphatic rings. The molecular weight excluding hydrogens is 276 g/mol. The van der Waals surface area contributed by atoms with Crippen LogP contribution in [0.2, 0.25) is 0 Å². The maximum Gasteiger partial charge on any atom is 0.241 e. The molecule has 0 aliphatic heterocycles. The molecule has 1 aliphatic carbocycles. The third-order valence-corrected chi connectivity index (χ3v) is 6.05. The molecule has 1 N–H and O–H groups in total. The molecule has 0 saturated heterocycles. The van der Waals surface area contributed by atoms with Crippen LogP contribution in [0, 0.1) is 0 Å². The van der Waals surface area contributed by atoms with Crippen molar-refractivity contribution < 1.29 is 13.2 Å². The standard InChI is InChI=1S/C14H20N2O3S/c1-16(2)11-10-15-13(17)14(8-9-14)20(18,19)12-6-4-3-5-7-12/h3-7H,8-11H2,1-2H3,(H,15,17). The number of sulfone groups is 1.